The number of thiocarbonyl (C=S) groups is 1. The molecule has 0 amide bonds. The molecular formula is C10H18OS. The Hall–Kier alpha value is -0.110. The Bertz CT molecular complexity index is 145. The van der Waals surface area contributed by atoms with Gasteiger partial charge in [0.2, 0.25) is 0 Å². The van der Waals surface area contributed by atoms with Gasteiger partial charge in [-0.15, -0.1) is 0 Å². The first kappa shape index (κ1) is 9.97. The van der Waals surface area contributed by atoms with Gasteiger partial charge in [-0.1, -0.05) is 26.2 Å². The van der Waals surface area contributed by atoms with Gasteiger partial charge in [0.1, 0.15) is 0 Å². The molecule has 0 unspecified atom stereocenters. The predicted molar refractivity (Wildman–Crippen MR) is 55.5 cm³/mol. The van der Waals surface area contributed by atoms with Crippen molar-refractivity contribution in [2.45, 2.75) is 58.0 Å². The molecule has 0 bridgehead atoms. The van der Waals surface area contributed by atoms with E-state index < -0.39 is 0 Å². The Morgan fingerprint density at radius 3 is 2.83 bits per heavy atom. The van der Waals surface area contributed by atoms with Gasteiger partial charge in [0, 0.05) is 6.42 Å². The third kappa shape index (κ3) is 3.53. The molecule has 0 spiro atoms. The van der Waals surface area contributed by atoms with Crippen molar-refractivity contribution in [2.24, 2.45) is 0 Å². The number of unbranched alkanes of at least 4 members (excludes halogenated alkanes) is 3. The van der Waals surface area contributed by atoms with E-state index in [1.807, 2.05) is 0 Å². The standard InChI is InChI=1S/C10H18OS/c1-2-3-4-5-6-9-7-8-10(12)11-9/h9H,2-8H2,1H3/t9-/m1/s1. The second-order valence-electron chi connectivity index (χ2n) is 3.50. The highest BCUT2D eigenvalue weighted by Crippen LogP contribution is 2.20. The highest BCUT2D eigenvalue weighted by Gasteiger charge is 2.19. The van der Waals surface area contributed by atoms with Crippen molar-refractivity contribution in [2.75, 3.05) is 0 Å². The summed E-state index contributed by atoms with van der Waals surface area (Å²) in [6.45, 7) is 2.24. The van der Waals surface area contributed by atoms with E-state index in [2.05, 4.69) is 6.92 Å². The molecule has 0 N–H and O–H groups in total. The molecule has 0 aromatic rings. The monoisotopic (exact) mass is 186 g/mol. The summed E-state index contributed by atoms with van der Waals surface area (Å²) in [6.07, 6.45) is 9.15. The van der Waals surface area contributed by atoms with E-state index in [0.717, 1.165) is 17.9 Å². The fourth-order valence-corrected chi connectivity index (χ4v) is 1.84. The van der Waals surface area contributed by atoms with Crippen molar-refractivity contribution >= 4 is 17.3 Å². The number of ether oxygens (including phenoxy) is 1. The highest BCUT2D eigenvalue weighted by molar-refractivity contribution is 7.80. The first-order valence-electron chi connectivity index (χ1n) is 5.02. The molecule has 1 heterocycles. The van der Waals surface area contributed by atoms with Crippen LogP contribution in [0.3, 0.4) is 0 Å². The van der Waals surface area contributed by atoms with E-state index in [9.17, 15) is 0 Å². The van der Waals surface area contributed by atoms with Gasteiger partial charge >= 0.3 is 0 Å². The van der Waals surface area contributed by atoms with Gasteiger partial charge in [-0.2, -0.15) is 0 Å². The molecule has 0 aliphatic carbocycles. The molecule has 70 valence electrons. The molecule has 1 aliphatic rings. The third-order valence-electron chi connectivity index (χ3n) is 2.35. The van der Waals surface area contributed by atoms with Crippen LogP contribution >= 0.6 is 12.2 Å². The van der Waals surface area contributed by atoms with Crippen LogP contribution in [0.2, 0.25) is 0 Å². The van der Waals surface area contributed by atoms with Crippen LogP contribution in [-0.2, 0) is 4.74 Å². The normalized spacial score (nSPS) is 22.8. The van der Waals surface area contributed by atoms with Crippen LogP contribution in [0.15, 0.2) is 0 Å². The van der Waals surface area contributed by atoms with Crippen LogP contribution < -0.4 is 0 Å². The van der Waals surface area contributed by atoms with Crippen molar-refractivity contribution in [3.05, 3.63) is 0 Å². The lowest BCUT2D eigenvalue weighted by Gasteiger charge is -2.08. The molecule has 0 aromatic carbocycles. The van der Waals surface area contributed by atoms with E-state index in [4.69, 9.17) is 17.0 Å². The highest BCUT2D eigenvalue weighted by atomic mass is 32.1. The van der Waals surface area contributed by atoms with Crippen molar-refractivity contribution in [1.29, 1.82) is 0 Å². The average molecular weight is 186 g/mol. The van der Waals surface area contributed by atoms with Crippen LogP contribution in [0.4, 0.5) is 0 Å². The molecule has 0 radical (unpaired) electrons. The Labute approximate surface area is 80.5 Å². The van der Waals surface area contributed by atoms with Gasteiger partial charge in [0.05, 0.1) is 6.10 Å². The lowest BCUT2D eigenvalue weighted by atomic mass is 10.1. The fourth-order valence-electron chi connectivity index (χ4n) is 1.58. The average Bonchev–Trinajstić information content (AvgIpc) is 2.45. The summed E-state index contributed by atoms with van der Waals surface area (Å²) in [6, 6.07) is 0. The quantitative estimate of drug-likeness (QED) is 0.480. The second-order valence-corrected chi connectivity index (χ2v) is 3.96. The molecule has 1 nitrogen and oxygen atoms in total. The molecule has 1 saturated heterocycles. The number of rotatable bonds is 5. The number of hydrogen-bond donors (Lipinski definition) is 0. The molecule has 1 aliphatic heterocycles. The van der Waals surface area contributed by atoms with Gasteiger partial charge in [-0.05, 0) is 31.5 Å². The van der Waals surface area contributed by atoms with Crippen LogP contribution in [0, 0.1) is 0 Å². The van der Waals surface area contributed by atoms with Crippen molar-refractivity contribution < 1.29 is 4.74 Å². The summed E-state index contributed by atoms with van der Waals surface area (Å²) >= 11 is 4.98. The van der Waals surface area contributed by atoms with E-state index in [-0.39, 0.29) is 0 Å². The minimum Gasteiger partial charge on any atom is -0.484 e. The summed E-state index contributed by atoms with van der Waals surface area (Å²) in [5.41, 5.74) is 0. The fraction of sp³-hybridized carbons (Fsp3) is 0.900. The number of hydrogen-bond acceptors (Lipinski definition) is 2. The molecule has 1 atom stereocenters. The summed E-state index contributed by atoms with van der Waals surface area (Å²) in [7, 11) is 0. The zero-order chi connectivity index (χ0) is 8.81. The molecule has 1 rings (SSSR count). The van der Waals surface area contributed by atoms with Gasteiger partial charge in [0.25, 0.3) is 0 Å². The first-order chi connectivity index (χ1) is 5.83. The Morgan fingerprint density at radius 1 is 1.42 bits per heavy atom. The summed E-state index contributed by atoms with van der Waals surface area (Å²) < 4.78 is 5.47. The zero-order valence-electron chi connectivity index (χ0n) is 7.84. The minimum absolute atomic E-state index is 0.453. The van der Waals surface area contributed by atoms with E-state index >= 15 is 0 Å². The summed E-state index contributed by atoms with van der Waals surface area (Å²) in [4.78, 5) is 0. The first-order valence-corrected chi connectivity index (χ1v) is 5.43. The maximum absolute atomic E-state index is 5.47. The largest absolute Gasteiger partial charge is 0.484 e. The lowest BCUT2D eigenvalue weighted by Crippen LogP contribution is -2.05. The van der Waals surface area contributed by atoms with Gasteiger partial charge in [-0.3, -0.25) is 0 Å². The molecule has 0 saturated carbocycles. The van der Waals surface area contributed by atoms with Crippen LogP contribution in [0.1, 0.15) is 51.9 Å². The Balaban J connectivity index is 1.97. The van der Waals surface area contributed by atoms with E-state index in [0.29, 0.717) is 6.10 Å². The molecular weight excluding hydrogens is 168 g/mol. The third-order valence-corrected chi connectivity index (χ3v) is 2.65. The molecule has 1 fully saturated rings. The van der Waals surface area contributed by atoms with E-state index in [1.165, 1.54) is 32.1 Å². The SMILES string of the molecule is CCCCCC[C@@H]1CCC(=S)O1. The van der Waals surface area contributed by atoms with Crippen LogP contribution in [-0.4, -0.2) is 11.2 Å². The maximum Gasteiger partial charge on any atom is 0.160 e. The van der Waals surface area contributed by atoms with Gasteiger partial charge in [-0.25, -0.2) is 0 Å². The van der Waals surface area contributed by atoms with E-state index in [1.54, 1.807) is 0 Å². The van der Waals surface area contributed by atoms with Gasteiger partial charge < -0.3 is 4.74 Å². The Morgan fingerprint density at radius 2 is 2.25 bits per heavy atom. The molecule has 0 aromatic heterocycles. The lowest BCUT2D eigenvalue weighted by molar-refractivity contribution is 0.207. The van der Waals surface area contributed by atoms with Crippen LogP contribution in [0.5, 0.6) is 0 Å². The zero-order valence-corrected chi connectivity index (χ0v) is 8.66. The van der Waals surface area contributed by atoms with Crippen molar-refractivity contribution in [1.82, 2.24) is 0 Å². The second kappa shape index (κ2) is 5.52. The van der Waals surface area contributed by atoms with Crippen molar-refractivity contribution in [3.63, 3.8) is 0 Å². The smallest absolute Gasteiger partial charge is 0.160 e. The van der Waals surface area contributed by atoms with Crippen molar-refractivity contribution in [3.8, 4) is 0 Å². The minimum atomic E-state index is 0.453. The summed E-state index contributed by atoms with van der Waals surface area (Å²) in [5, 5.41) is 0.829. The topological polar surface area (TPSA) is 9.23 Å². The molecule has 2 heteroatoms. The molecule has 12 heavy (non-hydrogen) atoms. The van der Waals surface area contributed by atoms with Crippen LogP contribution in [0.25, 0.3) is 0 Å². The summed E-state index contributed by atoms with van der Waals surface area (Å²) in [5.74, 6) is 0. The maximum atomic E-state index is 5.47. The van der Waals surface area contributed by atoms with Gasteiger partial charge in [0.15, 0.2) is 5.05 Å². The predicted octanol–water partition coefficient (Wildman–Crippen LogP) is 3.46. The Kier molecular flexibility index (Phi) is 4.59.